The van der Waals surface area contributed by atoms with Crippen LogP contribution in [0.1, 0.15) is 5.69 Å². The van der Waals surface area contributed by atoms with E-state index in [1.165, 1.54) is 0 Å². The minimum absolute atomic E-state index is 0.0725. The van der Waals surface area contributed by atoms with Gasteiger partial charge in [0, 0.05) is 18.8 Å². The number of nitrogens with two attached hydrogens (primary N) is 1. The Labute approximate surface area is 87.6 Å². The van der Waals surface area contributed by atoms with E-state index in [0.29, 0.717) is 6.42 Å². The van der Waals surface area contributed by atoms with Gasteiger partial charge in [-0.3, -0.25) is 0 Å². The lowest BCUT2D eigenvalue weighted by molar-refractivity contribution is 0.596. The Kier molecular flexibility index (Phi) is 2.45. The van der Waals surface area contributed by atoms with Gasteiger partial charge in [0.05, 0.1) is 11.4 Å². The van der Waals surface area contributed by atoms with Crippen LogP contribution >= 0.6 is 0 Å². The van der Waals surface area contributed by atoms with Crippen molar-refractivity contribution in [3.63, 3.8) is 0 Å². The van der Waals surface area contributed by atoms with Crippen molar-refractivity contribution in [2.75, 3.05) is 5.75 Å². The van der Waals surface area contributed by atoms with Crippen LogP contribution in [0.4, 0.5) is 0 Å². The quantitative estimate of drug-likeness (QED) is 0.808. The second-order valence-electron chi connectivity index (χ2n) is 3.32. The molecule has 80 valence electrons. The molecule has 0 unspecified atom stereocenters. The maximum atomic E-state index is 10.8. The molecule has 0 amide bonds. The highest BCUT2D eigenvalue weighted by Gasteiger charge is 2.06. The van der Waals surface area contributed by atoms with E-state index in [1.807, 2.05) is 28.8 Å². The highest BCUT2D eigenvalue weighted by atomic mass is 32.2. The van der Waals surface area contributed by atoms with Crippen molar-refractivity contribution in [2.45, 2.75) is 6.42 Å². The molecule has 2 N–H and O–H groups in total. The van der Waals surface area contributed by atoms with Gasteiger partial charge in [0.2, 0.25) is 10.0 Å². The first-order chi connectivity index (χ1) is 7.04. The smallest absolute Gasteiger partial charge is 0.209 e. The van der Waals surface area contributed by atoms with E-state index in [-0.39, 0.29) is 5.75 Å². The first-order valence-corrected chi connectivity index (χ1v) is 6.19. The van der Waals surface area contributed by atoms with E-state index in [4.69, 9.17) is 5.14 Å². The Bertz CT molecular complexity index is 541. The fourth-order valence-electron chi connectivity index (χ4n) is 1.35. The van der Waals surface area contributed by atoms with Gasteiger partial charge in [-0.15, -0.1) is 0 Å². The van der Waals surface area contributed by atoms with Crippen molar-refractivity contribution in [3.05, 3.63) is 36.3 Å². The molecule has 0 aliphatic carbocycles. The molecule has 0 aliphatic rings. The van der Waals surface area contributed by atoms with Gasteiger partial charge in [0.25, 0.3) is 0 Å². The molecule has 5 nitrogen and oxygen atoms in total. The average Bonchev–Trinajstić information content (AvgIpc) is 2.56. The number of hydrogen-bond donors (Lipinski definition) is 1. The standard InChI is InChI=1S/C9H11N3O2S/c10-15(13,14)6-4-8-7-12-5-2-1-3-9(12)11-8/h1-3,5,7H,4,6H2,(H2,10,13,14). The third-order valence-corrected chi connectivity index (χ3v) is 2.83. The third kappa shape index (κ3) is 2.54. The summed E-state index contributed by atoms with van der Waals surface area (Å²) < 4.78 is 23.4. The summed E-state index contributed by atoms with van der Waals surface area (Å²) in [6, 6.07) is 5.63. The molecule has 15 heavy (non-hydrogen) atoms. The number of hydrogen-bond acceptors (Lipinski definition) is 3. The molecular weight excluding hydrogens is 214 g/mol. The predicted octanol–water partition coefficient (Wildman–Crippen LogP) is 0.165. The summed E-state index contributed by atoms with van der Waals surface area (Å²) in [5, 5.41) is 4.92. The Hall–Kier alpha value is -1.40. The van der Waals surface area contributed by atoms with Crippen molar-refractivity contribution >= 4 is 15.7 Å². The van der Waals surface area contributed by atoms with Crippen molar-refractivity contribution in [2.24, 2.45) is 5.14 Å². The average molecular weight is 225 g/mol. The van der Waals surface area contributed by atoms with Crippen molar-refractivity contribution < 1.29 is 8.42 Å². The lowest BCUT2D eigenvalue weighted by Gasteiger charge is -1.93. The lowest BCUT2D eigenvalue weighted by atomic mass is 10.4. The first kappa shape index (κ1) is 10.1. The largest absolute Gasteiger partial charge is 0.307 e. The van der Waals surface area contributed by atoms with Crippen LogP contribution in [0.2, 0.25) is 0 Å². The molecule has 0 radical (unpaired) electrons. The second kappa shape index (κ2) is 3.63. The molecule has 6 heteroatoms. The Morgan fingerprint density at radius 1 is 1.40 bits per heavy atom. The SMILES string of the molecule is NS(=O)(=O)CCc1cn2ccccc2n1. The molecular formula is C9H11N3O2S. The monoisotopic (exact) mass is 225 g/mol. The molecule has 0 atom stereocenters. The van der Waals surface area contributed by atoms with Gasteiger partial charge in [0.1, 0.15) is 5.65 Å². The van der Waals surface area contributed by atoms with Gasteiger partial charge in [-0.1, -0.05) is 6.07 Å². The summed E-state index contributed by atoms with van der Waals surface area (Å²) in [5.74, 6) is -0.0725. The van der Waals surface area contributed by atoms with Gasteiger partial charge >= 0.3 is 0 Å². The maximum absolute atomic E-state index is 10.8. The number of sulfonamides is 1. The van der Waals surface area contributed by atoms with Crippen LogP contribution in [0.25, 0.3) is 5.65 Å². The van der Waals surface area contributed by atoms with Crippen LogP contribution in [0.3, 0.4) is 0 Å². The fraction of sp³-hybridized carbons (Fsp3) is 0.222. The summed E-state index contributed by atoms with van der Waals surface area (Å²) in [4.78, 5) is 4.26. The maximum Gasteiger partial charge on any atom is 0.209 e. The van der Waals surface area contributed by atoms with Crippen LogP contribution in [-0.4, -0.2) is 23.6 Å². The summed E-state index contributed by atoms with van der Waals surface area (Å²) >= 11 is 0. The fourth-order valence-corrected chi connectivity index (χ4v) is 1.85. The van der Waals surface area contributed by atoms with E-state index in [1.54, 1.807) is 6.20 Å². The van der Waals surface area contributed by atoms with E-state index in [2.05, 4.69) is 4.98 Å². The van der Waals surface area contributed by atoms with E-state index in [9.17, 15) is 8.42 Å². The molecule has 2 rings (SSSR count). The number of nitrogens with zero attached hydrogens (tertiary/aromatic N) is 2. The number of aryl methyl sites for hydroxylation is 1. The third-order valence-electron chi connectivity index (χ3n) is 2.06. The molecule has 0 saturated carbocycles. The molecule has 0 fully saturated rings. The summed E-state index contributed by atoms with van der Waals surface area (Å²) in [6.07, 6.45) is 4.02. The van der Waals surface area contributed by atoms with Crippen LogP contribution in [-0.2, 0) is 16.4 Å². The van der Waals surface area contributed by atoms with Gasteiger partial charge in [-0.25, -0.2) is 18.5 Å². The molecule has 2 aromatic rings. The molecule has 2 heterocycles. The zero-order chi connectivity index (χ0) is 10.9. The number of imidazole rings is 1. The van der Waals surface area contributed by atoms with Crippen molar-refractivity contribution in [3.8, 4) is 0 Å². The van der Waals surface area contributed by atoms with Gasteiger partial charge < -0.3 is 4.40 Å². The van der Waals surface area contributed by atoms with Gasteiger partial charge in [0.15, 0.2) is 0 Å². The predicted molar refractivity (Wildman–Crippen MR) is 56.9 cm³/mol. The highest BCUT2D eigenvalue weighted by Crippen LogP contribution is 2.05. The summed E-state index contributed by atoms with van der Waals surface area (Å²) in [7, 11) is -3.41. The number of rotatable bonds is 3. The van der Waals surface area contributed by atoms with Crippen LogP contribution in [0, 0.1) is 0 Å². The number of fused-ring (bicyclic) bond motifs is 1. The van der Waals surface area contributed by atoms with Gasteiger partial charge in [-0.2, -0.15) is 0 Å². The Balaban J connectivity index is 2.23. The number of pyridine rings is 1. The van der Waals surface area contributed by atoms with Crippen molar-refractivity contribution in [1.29, 1.82) is 0 Å². The number of aromatic nitrogens is 2. The van der Waals surface area contributed by atoms with Crippen molar-refractivity contribution in [1.82, 2.24) is 9.38 Å². The summed E-state index contributed by atoms with van der Waals surface area (Å²) in [6.45, 7) is 0. The minimum Gasteiger partial charge on any atom is -0.307 e. The Morgan fingerprint density at radius 3 is 2.87 bits per heavy atom. The minimum atomic E-state index is -3.41. The zero-order valence-electron chi connectivity index (χ0n) is 8.00. The molecule has 2 aromatic heterocycles. The van der Waals surface area contributed by atoms with E-state index >= 15 is 0 Å². The van der Waals surface area contributed by atoms with Gasteiger partial charge in [-0.05, 0) is 12.1 Å². The summed E-state index contributed by atoms with van der Waals surface area (Å²) in [5.41, 5.74) is 1.54. The normalized spacial score (nSPS) is 12.1. The Morgan fingerprint density at radius 2 is 2.20 bits per heavy atom. The lowest BCUT2D eigenvalue weighted by Crippen LogP contribution is -2.18. The first-order valence-electron chi connectivity index (χ1n) is 4.48. The van der Waals surface area contributed by atoms with Crippen LogP contribution in [0.5, 0.6) is 0 Å². The molecule has 0 saturated heterocycles. The van der Waals surface area contributed by atoms with Crippen LogP contribution < -0.4 is 5.14 Å². The molecule has 0 aromatic carbocycles. The van der Waals surface area contributed by atoms with E-state index in [0.717, 1.165) is 11.3 Å². The molecule has 0 aliphatic heterocycles. The highest BCUT2D eigenvalue weighted by molar-refractivity contribution is 7.89. The van der Waals surface area contributed by atoms with Crippen LogP contribution in [0.15, 0.2) is 30.6 Å². The zero-order valence-corrected chi connectivity index (χ0v) is 8.81. The second-order valence-corrected chi connectivity index (χ2v) is 5.05. The molecule has 0 bridgehead atoms. The molecule has 0 spiro atoms. The van der Waals surface area contributed by atoms with E-state index < -0.39 is 10.0 Å². The topological polar surface area (TPSA) is 77.5 Å². The number of primary sulfonamides is 1.